The minimum atomic E-state index is -2.93. The van der Waals surface area contributed by atoms with Crippen LogP contribution in [-0.4, -0.2) is 73.2 Å². The van der Waals surface area contributed by atoms with Crippen LogP contribution in [0.2, 0.25) is 0 Å². The molecule has 3 aliphatic rings. The molecule has 0 bridgehead atoms. The van der Waals surface area contributed by atoms with Crippen molar-refractivity contribution in [2.45, 2.75) is 45.2 Å². The van der Waals surface area contributed by atoms with Crippen molar-refractivity contribution in [3.05, 3.63) is 66.8 Å². The molecule has 1 aliphatic carbocycles. The fourth-order valence-corrected chi connectivity index (χ4v) is 8.39. The fourth-order valence-electron chi connectivity index (χ4n) is 6.55. The number of benzene rings is 1. The molecule has 3 aromatic heterocycles. The van der Waals surface area contributed by atoms with Crippen LogP contribution in [0.3, 0.4) is 0 Å². The topological polar surface area (TPSA) is 125 Å². The van der Waals surface area contributed by atoms with Gasteiger partial charge in [0, 0.05) is 44.1 Å². The summed E-state index contributed by atoms with van der Waals surface area (Å²) in [5, 5.41) is 9.06. The lowest BCUT2D eigenvalue weighted by Gasteiger charge is -2.33. The molecule has 226 valence electrons. The summed E-state index contributed by atoms with van der Waals surface area (Å²) in [7, 11) is -2.93. The smallest absolute Gasteiger partial charge is 0.226 e. The number of allylic oxidation sites excluding steroid dienone is 1. The third kappa shape index (κ3) is 5.93. The summed E-state index contributed by atoms with van der Waals surface area (Å²) in [5.41, 5.74) is 0.960. The van der Waals surface area contributed by atoms with Gasteiger partial charge in [-0.25, -0.2) is 18.4 Å². The highest BCUT2D eigenvalue weighted by molar-refractivity contribution is 7.91. The van der Waals surface area contributed by atoms with Gasteiger partial charge in [0.15, 0.2) is 21.5 Å². The number of carbonyl (C=O) groups excluding carboxylic acids is 1. The standard InChI is InChI=1S/C31H35N7O4S.H2/c39-31(36-15-16-37-21-33-35-30(37)18-36)24-7-4-22(5-8-24)6-9-28-32-13-10-29(34-28)38-14-11-25-26(38)2-1-3-27(25)42-19-23-12-17-43(40,41)20-23;/h1-3,6,9-11,13-14,21-24H,4-5,7-8,12,15-20H2;1H/b9-6-;. The summed E-state index contributed by atoms with van der Waals surface area (Å²) in [5.74, 6) is 4.19. The monoisotopic (exact) mass is 603 g/mol. The normalized spacial score (nSPS) is 23.5. The molecule has 2 aliphatic heterocycles. The SMILES string of the molecule is O=C(C1CCC(/C=C\c2nccc(-n3ccc4c(OCC5CCS(=O)(=O)C5)cccc43)n2)CC1)N1CCn2cnnc2C1.[HH]. The highest BCUT2D eigenvalue weighted by Gasteiger charge is 2.31. The summed E-state index contributed by atoms with van der Waals surface area (Å²) in [6.07, 6.45) is 14.0. The summed E-state index contributed by atoms with van der Waals surface area (Å²) in [4.78, 5) is 24.4. The Labute approximate surface area is 252 Å². The number of sulfone groups is 1. The minimum absolute atomic E-state index is 0. The van der Waals surface area contributed by atoms with E-state index in [1.807, 2.05) is 56.6 Å². The summed E-state index contributed by atoms with van der Waals surface area (Å²) >= 11 is 0. The zero-order valence-electron chi connectivity index (χ0n) is 24.0. The Bertz CT molecular complexity index is 1780. The number of hydrogen-bond donors (Lipinski definition) is 0. The number of carbonyl (C=O) groups is 1. The Kier molecular flexibility index (Phi) is 7.46. The minimum Gasteiger partial charge on any atom is -0.493 e. The van der Waals surface area contributed by atoms with Gasteiger partial charge in [0.05, 0.1) is 30.2 Å². The van der Waals surface area contributed by atoms with Crippen molar-refractivity contribution in [1.82, 2.24) is 34.2 Å². The predicted octanol–water partition coefficient (Wildman–Crippen LogP) is 3.93. The molecule has 43 heavy (non-hydrogen) atoms. The molecule has 1 unspecified atom stereocenters. The van der Waals surface area contributed by atoms with E-state index in [1.54, 1.807) is 12.5 Å². The Morgan fingerprint density at radius 3 is 2.81 bits per heavy atom. The van der Waals surface area contributed by atoms with Gasteiger partial charge in [-0.2, -0.15) is 0 Å². The lowest BCUT2D eigenvalue weighted by molar-refractivity contribution is -0.138. The van der Waals surface area contributed by atoms with E-state index in [-0.39, 0.29) is 30.7 Å². The van der Waals surface area contributed by atoms with E-state index in [9.17, 15) is 13.2 Å². The summed E-state index contributed by atoms with van der Waals surface area (Å²) in [6.45, 7) is 2.41. The van der Waals surface area contributed by atoms with Gasteiger partial charge in [-0.3, -0.25) is 4.79 Å². The van der Waals surface area contributed by atoms with E-state index < -0.39 is 9.84 Å². The van der Waals surface area contributed by atoms with Crippen molar-refractivity contribution in [1.29, 1.82) is 0 Å². The van der Waals surface area contributed by atoms with E-state index >= 15 is 0 Å². The summed E-state index contributed by atoms with van der Waals surface area (Å²) < 4.78 is 33.7. The highest BCUT2D eigenvalue weighted by Crippen LogP contribution is 2.32. The number of aromatic nitrogens is 6. The second kappa shape index (κ2) is 11.6. The molecule has 1 saturated carbocycles. The van der Waals surface area contributed by atoms with Crippen molar-refractivity contribution in [3.8, 4) is 11.6 Å². The average Bonchev–Trinajstić information content (AvgIpc) is 3.77. The van der Waals surface area contributed by atoms with Crippen molar-refractivity contribution in [2.75, 3.05) is 24.7 Å². The van der Waals surface area contributed by atoms with Crippen LogP contribution in [0.15, 0.2) is 55.1 Å². The molecule has 1 aromatic carbocycles. The van der Waals surface area contributed by atoms with Crippen LogP contribution in [0.4, 0.5) is 0 Å². The number of amides is 1. The first kappa shape index (κ1) is 27.8. The quantitative estimate of drug-likeness (QED) is 0.311. The Balaban J connectivity index is 0.00000343. The van der Waals surface area contributed by atoms with Gasteiger partial charge in [-0.05, 0) is 68.4 Å². The molecule has 0 radical (unpaired) electrons. The first-order chi connectivity index (χ1) is 20.9. The van der Waals surface area contributed by atoms with Crippen LogP contribution in [0.1, 0.15) is 45.2 Å². The molecule has 0 spiro atoms. The molecule has 0 N–H and O–H groups in total. The third-order valence-electron chi connectivity index (χ3n) is 8.99. The van der Waals surface area contributed by atoms with Crippen LogP contribution in [0.25, 0.3) is 22.8 Å². The van der Waals surface area contributed by atoms with Gasteiger partial charge in [-0.15, -0.1) is 10.2 Å². The highest BCUT2D eigenvalue weighted by atomic mass is 32.2. The average molecular weight is 604 g/mol. The lowest BCUT2D eigenvalue weighted by Crippen LogP contribution is -2.42. The molecule has 2 fully saturated rings. The molecule has 5 heterocycles. The molecule has 1 saturated heterocycles. The maximum Gasteiger partial charge on any atom is 0.226 e. The number of ether oxygens (including phenoxy) is 1. The van der Waals surface area contributed by atoms with Gasteiger partial charge in [0.2, 0.25) is 5.91 Å². The van der Waals surface area contributed by atoms with Crippen molar-refractivity contribution < 1.29 is 19.4 Å². The molecular weight excluding hydrogens is 566 g/mol. The first-order valence-electron chi connectivity index (χ1n) is 15.0. The second-order valence-corrected chi connectivity index (χ2v) is 14.1. The maximum atomic E-state index is 13.2. The molecule has 1 amide bonds. The van der Waals surface area contributed by atoms with Gasteiger partial charge in [-0.1, -0.05) is 12.1 Å². The maximum absolute atomic E-state index is 13.2. The van der Waals surface area contributed by atoms with E-state index in [0.29, 0.717) is 31.3 Å². The molecular formula is C31H37N7O4S. The molecule has 4 aromatic rings. The van der Waals surface area contributed by atoms with Gasteiger partial charge in [0.1, 0.15) is 17.9 Å². The Hall–Kier alpha value is -4.06. The summed E-state index contributed by atoms with van der Waals surface area (Å²) in [6, 6.07) is 9.77. The molecule has 11 nitrogen and oxygen atoms in total. The van der Waals surface area contributed by atoms with Crippen molar-refractivity contribution in [2.24, 2.45) is 17.8 Å². The zero-order valence-corrected chi connectivity index (χ0v) is 24.8. The van der Waals surface area contributed by atoms with E-state index in [1.165, 1.54) is 0 Å². The van der Waals surface area contributed by atoms with Crippen LogP contribution < -0.4 is 4.74 Å². The third-order valence-corrected chi connectivity index (χ3v) is 10.8. The Morgan fingerprint density at radius 1 is 1.09 bits per heavy atom. The van der Waals surface area contributed by atoms with Gasteiger partial charge < -0.3 is 18.8 Å². The van der Waals surface area contributed by atoms with Gasteiger partial charge >= 0.3 is 0 Å². The Morgan fingerprint density at radius 2 is 1.98 bits per heavy atom. The fraction of sp³-hybridized carbons (Fsp3) is 0.452. The largest absolute Gasteiger partial charge is 0.493 e. The zero-order chi connectivity index (χ0) is 29.4. The van der Waals surface area contributed by atoms with Crippen LogP contribution in [0.5, 0.6) is 5.75 Å². The number of hydrogen-bond acceptors (Lipinski definition) is 8. The van der Waals surface area contributed by atoms with Crippen LogP contribution >= 0.6 is 0 Å². The van der Waals surface area contributed by atoms with E-state index in [0.717, 1.165) is 67.1 Å². The molecule has 1 atom stereocenters. The van der Waals surface area contributed by atoms with Crippen molar-refractivity contribution in [3.63, 3.8) is 0 Å². The lowest BCUT2D eigenvalue weighted by atomic mass is 9.81. The van der Waals surface area contributed by atoms with E-state index in [4.69, 9.17) is 9.72 Å². The van der Waals surface area contributed by atoms with Gasteiger partial charge in [0.25, 0.3) is 0 Å². The molecule has 12 heteroatoms. The number of nitrogens with zero attached hydrogens (tertiary/aromatic N) is 7. The second-order valence-electron chi connectivity index (χ2n) is 11.9. The molecule has 7 rings (SSSR count). The van der Waals surface area contributed by atoms with Crippen LogP contribution in [0, 0.1) is 17.8 Å². The predicted molar refractivity (Wildman–Crippen MR) is 163 cm³/mol. The first-order valence-corrected chi connectivity index (χ1v) is 16.8. The number of fused-ring (bicyclic) bond motifs is 2. The van der Waals surface area contributed by atoms with E-state index in [2.05, 4.69) is 21.3 Å². The number of rotatable bonds is 7. The van der Waals surface area contributed by atoms with Crippen molar-refractivity contribution >= 4 is 32.7 Å². The van der Waals surface area contributed by atoms with Crippen LogP contribution in [-0.2, 0) is 27.7 Å².